The van der Waals surface area contributed by atoms with Gasteiger partial charge in [-0.3, -0.25) is 4.79 Å². The van der Waals surface area contributed by atoms with Crippen molar-refractivity contribution in [2.75, 3.05) is 5.32 Å². The van der Waals surface area contributed by atoms with E-state index in [1.54, 1.807) is 23.9 Å². The van der Waals surface area contributed by atoms with Crippen LogP contribution in [0.15, 0.2) is 56.7 Å². The fourth-order valence-electron chi connectivity index (χ4n) is 2.51. The van der Waals surface area contributed by atoms with Gasteiger partial charge in [0.15, 0.2) is 0 Å². The van der Waals surface area contributed by atoms with Crippen molar-refractivity contribution in [2.45, 2.75) is 34.9 Å². The fourth-order valence-corrected chi connectivity index (χ4v) is 5.05. The molecule has 1 aliphatic rings. The van der Waals surface area contributed by atoms with Crippen LogP contribution in [0.5, 0.6) is 0 Å². The molecule has 1 aliphatic heterocycles. The van der Waals surface area contributed by atoms with E-state index in [1.165, 1.54) is 6.07 Å². The average molecular weight is 441 g/mol. The number of sulfonamides is 1. The Morgan fingerprint density at radius 2 is 2.08 bits per heavy atom. The lowest BCUT2D eigenvalue weighted by Crippen LogP contribution is -2.23. The van der Waals surface area contributed by atoms with E-state index in [9.17, 15) is 13.2 Å². The quantitative estimate of drug-likeness (QED) is 0.758. The number of amides is 1. The van der Waals surface area contributed by atoms with Crippen LogP contribution in [0, 0.1) is 0 Å². The Balaban J connectivity index is 1.82. The molecule has 0 saturated heterocycles. The van der Waals surface area contributed by atoms with Crippen LogP contribution in [0.3, 0.4) is 0 Å². The molecule has 0 radical (unpaired) electrons. The third-order valence-corrected chi connectivity index (χ3v) is 6.76. The minimum atomic E-state index is -3.67. The number of rotatable bonds is 4. The number of halogens is 1. The van der Waals surface area contributed by atoms with Gasteiger partial charge in [0.05, 0.1) is 10.6 Å². The van der Waals surface area contributed by atoms with Crippen molar-refractivity contribution in [1.82, 2.24) is 4.72 Å². The molecule has 2 aromatic carbocycles. The number of hydrogen-bond acceptors (Lipinski definition) is 4. The van der Waals surface area contributed by atoms with Gasteiger partial charge in [-0.2, -0.15) is 0 Å². The number of fused-ring (bicyclic) bond motifs is 1. The molecule has 25 heavy (non-hydrogen) atoms. The number of benzene rings is 2. The van der Waals surface area contributed by atoms with Crippen molar-refractivity contribution < 1.29 is 13.2 Å². The van der Waals surface area contributed by atoms with Gasteiger partial charge in [-0.25, -0.2) is 13.1 Å². The lowest BCUT2D eigenvalue weighted by Gasteiger charge is -2.11. The first-order chi connectivity index (χ1) is 11.8. The van der Waals surface area contributed by atoms with Crippen LogP contribution >= 0.6 is 27.7 Å². The predicted molar refractivity (Wildman–Crippen MR) is 103 cm³/mol. The van der Waals surface area contributed by atoms with Crippen molar-refractivity contribution in [3.63, 3.8) is 0 Å². The Morgan fingerprint density at radius 1 is 1.28 bits per heavy atom. The third-order valence-electron chi connectivity index (χ3n) is 3.69. The second kappa shape index (κ2) is 7.49. The summed E-state index contributed by atoms with van der Waals surface area (Å²) < 4.78 is 28.6. The SMILES string of the molecule is C[C@H]1CC(=O)Nc2cc(S(=O)(=O)NCc3cccc(Br)c3)ccc2S1. The van der Waals surface area contributed by atoms with E-state index in [2.05, 4.69) is 26.0 Å². The van der Waals surface area contributed by atoms with Gasteiger partial charge in [0, 0.05) is 27.6 Å². The van der Waals surface area contributed by atoms with Crippen LogP contribution in [0.2, 0.25) is 0 Å². The molecule has 0 aromatic heterocycles. The topological polar surface area (TPSA) is 75.3 Å². The Bertz CT molecular complexity index is 916. The Labute approximate surface area is 159 Å². The molecular formula is C17H17BrN2O3S2. The van der Waals surface area contributed by atoms with E-state index in [1.807, 2.05) is 31.2 Å². The summed E-state index contributed by atoms with van der Waals surface area (Å²) in [5.41, 5.74) is 1.40. The van der Waals surface area contributed by atoms with Crippen molar-refractivity contribution >= 4 is 49.3 Å². The van der Waals surface area contributed by atoms with E-state index < -0.39 is 10.0 Å². The summed E-state index contributed by atoms with van der Waals surface area (Å²) in [5, 5.41) is 2.94. The van der Waals surface area contributed by atoms with Gasteiger partial charge < -0.3 is 5.32 Å². The van der Waals surface area contributed by atoms with Crippen molar-refractivity contribution in [3.8, 4) is 0 Å². The average Bonchev–Trinajstić information content (AvgIpc) is 2.68. The highest BCUT2D eigenvalue weighted by atomic mass is 79.9. The molecule has 3 rings (SSSR count). The summed E-state index contributed by atoms with van der Waals surface area (Å²) in [4.78, 5) is 12.9. The Morgan fingerprint density at radius 3 is 2.84 bits per heavy atom. The molecule has 0 unspecified atom stereocenters. The highest BCUT2D eigenvalue weighted by Crippen LogP contribution is 2.36. The lowest BCUT2D eigenvalue weighted by atomic mass is 10.2. The zero-order valence-corrected chi connectivity index (χ0v) is 16.7. The third kappa shape index (κ3) is 4.63. The summed E-state index contributed by atoms with van der Waals surface area (Å²) in [7, 11) is -3.67. The van der Waals surface area contributed by atoms with Gasteiger partial charge in [-0.05, 0) is 35.9 Å². The smallest absolute Gasteiger partial charge is 0.240 e. The van der Waals surface area contributed by atoms with Gasteiger partial charge in [0.25, 0.3) is 0 Å². The largest absolute Gasteiger partial charge is 0.325 e. The van der Waals surface area contributed by atoms with Gasteiger partial charge in [0.1, 0.15) is 0 Å². The van der Waals surface area contributed by atoms with Crippen molar-refractivity contribution in [1.29, 1.82) is 0 Å². The first-order valence-corrected chi connectivity index (χ1v) is 10.8. The van der Waals surface area contributed by atoms with Gasteiger partial charge in [-0.15, -0.1) is 11.8 Å². The van der Waals surface area contributed by atoms with Crippen molar-refractivity contribution in [2.24, 2.45) is 0 Å². The van der Waals surface area contributed by atoms with E-state index in [-0.39, 0.29) is 22.6 Å². The normalized spacial score (nSPS) is 17.5. The van der Waals surface area contributed by atoms with Crippen LogP contribution in [0.1, 0.15) is 18.9 Å². The highest BCUT2D eigenvalue weighted by Gasteiger charge is 2.22. The maximum Gasteiger partial charge on any atom is 0.240 e. The molecule has 0 fully saturated rings. The second-order valence-electron chi connectivity index (χ2n) is 5.79. The molecule has 0 bridgehead atoms. The summed E-state index contributed by atoms with van der Waals surface area (Å²) in [5.74, 6) is -0.101. The zero-order valence-electron chi connectivity index (χ0n) is 13.5. The monoisotopic (exact) mass is 440 g/mol. The summed E-state index contributed by atoms with van der Waals surface area (Å²) in [6.45, 7) is 2.17. The van der Waals surface area contributed by atoms with Crippen LogP contribution in [-0.4, -0.2) is 19.6 Å². The molecule has 5 nitrogen and oxygen atoms in total. The number of carbonyl (C=O) groups is 1. The molecular weight excluding hydrogens is 424 g/mol. The number of carbonyl (C=O) groups excluding carboxylic acids is 1. The second-order valence-corrected chi connectivity index (χ2v) is 9.96. The number of nitrogens with one attached hydrogen (secondary N) is 2. The standard InChI is InChI=1S/C17H17BrN2O3S2/c1-11-7-17(21)20-15-9-14(5-6-16(15)24-11)25(22,23)19-10-12-3-2-4-13(18)8-12/h2-6,8-9,11,19H,7,10H2,1H3,(H,20,21)/t11-/m0/s1. The minimum Gasteiger partial charge on any atom is -0.325 e. The molecule has 2 N–H and O–H groups in total. The highest BCUT2D eigenvalue weighted by molar-refractivity contribution is 9.10. The van der Waals surface area contributed by atoms with Crippen molar-refractivity contribution in [3.05, 3.63) is 52.5 Å². The summed E-state index contributed by atoms with van der Waals surface area (Å²) in [6, 6.07) is 12.3. The molecule has 0 spiro atoms. The Kier molecular flexibility index (Phi) is 5.52. The zero-order chi connectivity index (χ0) is 18.0. The van der Waals surface area contributed by atoms with Crippen LogP contribution < -0.4 is 10.0 Å². The molecule has 1 amide bonds. The van der Waals surface area contributed by atoms with Gasteiger partial charge in [0.2, 0.25) is 15.9 Å². The minimum absolute atomic E-state index is 0.101. The van der Waals surface area contributed by atoms with Crippen LogP contribution in [0.4, 0.5) is 5.69 Å². The molecule has 0 saturated carbocycles. The first kappa shape index (κ1) is 18.4. The molecule has 2 aromatic rings. The molecule has 0 aliphatic carbocycles. The number of hydrogen-bond donors (Lipinski definition) is 2. The van der Waals surface area contributed by atoms with E-state index >= 15 is 0 Å². The number of thioether (sulfide) groups is 1. The van der Waals surface area contributed by atoms with Gasteiger partial charge in [-0.1, -0.05) is 35.0 Å². The van der Waals surface area contributed by atoms with Crippen LogP contribution in [0.25, 0.3) is 0 Å². The predicted octanol–water partition coefficient (Wildman–Crippen LogP) is 3.75. The van der Waals surface area contributed by atoms with Gasteiger partial charge >= 0.3 is 0 Å². The molecule has 1 heterocycles. The Hall–Kier alpha value is -1.35. The molecule has 1 atom stereocenters. The van der Waals surface area contributed by atoms with Crippen LogP contribution in [-0.2, 0) is 21.4 Å². The fraction of sp³-hybridized carbons (Fsp3) is 0.235. The van der Waals surface area contributed by atoms with E-state index in [0.717, 1.165) is 14.9 Å². The molecule has 8 heteroatoms. The van der Waals surface area contributed by atoms with E-state index in [4.69, 9.17) is 0 Å². The summed E-state index contributed by atoms with van der Waals surface area (Å²) >= 11 is 4.93. The maximum absolute atomic E-state index is 12.6. The number of anilines is 1. The first-order valence-electron chi connectivity index (χ1n) is 7.68. The summed E-state index contributed by atoms with van der Waals surface area (Å²) in [6.07, 6.45) is 0.405. The lowest BCUT2D eigenvalue weighted by molar-refractivity contribution is -0.116. The maximum atomic E-state index is 12.6. The molecule has 132 valence electrons. The van der Waals surface area contributed by atoms with E-state index in [0.29, 0.717) is 12.1 Å².